The molecule has 3 aliphatic rings. The Kier molecular flexibility index (Phi) is 6.96. The molecule has 1 aromatic heterocycles. The number of pyridine rings is 1. The third kappa shape index (κ3) is 3.28. The number of ether oxygens (including phenoxy) is 1. The number of unbranched alkanes of at least 4 members (excludes halogenated alkanes) is 1. The van der Waals surface area contributed by atoms with E-state index < -0.39 is 0 Å². The number of benzene rings is 1. The van der Waals surface area contributed by atoms with Crippen molar-refractivity contribution in [2.45, 2.75) is 44.2 Å². The fourth-order valence-corrected chi connectivity index (χ4v) is 3.95. The topological polar surface area (TPSA) is 33.3 Å². The SMILES string of the molecule is CCCCOC1CC2c3ccccc3C1c1cccc[n+]12.CO.[Br-]. The highest BCUT2D eigenvalue weighted by Gasteiger charge is 2.49. The fraction of sp³-hybridized carbons (Fsp3) is 0.450. The molecule has 0 spiro atoms. The summed E-state index contributed by atoms with van der Waals surface area (Å²) in [5.41, 5.74) is 4.37. The lowest BCUT2D eigenvalue weighted by atomic mass is 9.72. The second-order valence-corrected chi connectivity index (χ2v) is 6.15. The zero-order chi connectivity index (χ0) is 16.2. The molecule has 2 aromatic rings. The molecule has 0 saturated carbocycles. The molecule has 0 radical (unpaired) electrons. The van der Waals surface area contributed by atoms with Gasteiger partial charge in [-0.3, -0.25) is 0 Å². The van der Waals surface area contributed by atoms with E-state index in [-0.39, 0.29) is 17.0 Å². The molecule has 3 heterocycles. The Balaban J connectivity index is 0.000000670. The molecular weight excluding hydrogens is 366 g/mol. The van der Waals surface area contributed by atoms with E-state index >= 15 is 0 Å². The number of aromatic nitrogens is 1. The van der Waals surface area contributed by atoms with Gasteiger partial charge in [-0.1, -0.05) is 43.7 Å². The average Bonchev–Trinajstić information content (AvgIpc) is 2.64. The van der Waals surface area contributed by atoms with Crippen LogP contribution in [-0.2, 0) is 4.74 Å². The summed E-state index contributed by atoms with van der Waals surface area (Å²) in [6.07, 6.45) is 6.02. The van der Waals surface area contributed by atoms with Crippen LogP contribution < -0.4 is 21.5 Å². The van der Waals surface area contributed by atoms with Gasteiger partial charge in [-0.15, -0.1) is 0 Å². The van der Waals surface area contributed by atoms with Crippen molar-refractivity contribution in [3.8, 4) is 0 Å². The summed E-state index contributed by atoms with van der Waals surface area (Å²) in [5.74, 6) is 0.393. The van der Waals surface area contributed by atoms with Gasteiger partial charge in [0.15, 0.2) is 17.9 Å². The smallest absolute Gasteiger partial charge is 0.192 e. The molecule has 3 nitrogen and oxygen atoms in total. The molecule has 1 aromatic carbocycles. The second kappa shape index (κ2) is 8.75. The largest absolute Gasteiger partial charge is 1.00 e. The van der Waals surface area contributed by atoms with E-state index in [4.69, 9.17) is 9.84 Å². The van der Waals surface area contributed by atoms with Crippen molar-refractivity contribution in [1.29, 1.82) is 0 Å². The Hall–Kier alpha value is -1.23. The molecule has 5 rings (SSSR count). The summed E-state index contributed by atoms with van der Waals surface area (Å²) in [6, 6.07) is 15.9. The maximum Gasteiger partial charge on any atom is 0.192 e. The van der Waals surface area contributed by atoms with Gasteiger partial charge in [0.2, 0.25) is 0 Å². The van der Waals surface area contributed by atoms with Crippen LogP contribution in [0.5, 0.6) is 0 Å². The first kappa shape index (κ1) is 19.1. The second-order valence-electron chi connectivity index (χ2n) is 6.15. The van der Waals surface area contributed by atoms with Crippen molar-refractivity contribution in [3.05, 3.63) is 65.5 Å². The Morgan fingerprint density at radius 2 is 1.79 bits per heavy atom. The van der Waals surface area contributed by atoms with E-state index in [1.807, 2.05) is 0 Å². The maximum atomic E-state index is 7.00. The number of aliphatic hydroxyl groups excluding tert-OH is 1. The number of hydrogen-bond donors (Lipinski definition) is 1. The third-order valence-electron chi connectivity index (χ3n) is 4.92. The maximum absolute atomic E-state index is 7.00. The fourth-order valence-electron chi connectivity index (χ4n) is 3.95. The van der Waals surface area contributed by atoms with Gasteiger partial charge in [-0.05, 0) is 12.0 Å². The van der Waals surface area contributed by atoms with Gasteiger partial charge in [-0.2, -0.15) is 4.57 Å². The van der Waals surface area contributed by atoms with Crippen LogP contribution in [0.25, 0.3) is 0 Å². The molecule has 24 heavy (non-hydrogen) atoms. The molecule has 2 aliphatic heterocycles. The van der Waals surface area contributed by atoms with Crippen molar-refractivity contribution < 1.29 is 31.4 Å². The highest BCUT2D eigenvalue weighted by atomic mass is 79.9. The minimum atomic E-state index is 0. The number of rotatable bonds is 4. The van der Waals surface area contributed by atoms with Crippen LogP contribution in [0.1, 0.15) is 55.0 Å². The first-order valence-electron chi connectivity index (χ1n) is 8.55. The van der Waals surface area contributed by atoms with Gasteiger partial charge in [0.1, 0.15) is 0 Å². The van der Waals surface area contributed by atoms with Gasteiger partial charge in [0.05, 0.1) is 12.0 Å². The zero-order valence-corrected chi connectivity index (χ0v) is 15.9. The van der Waals surface area contributed by atoms with Crippen LogP contribution in [0.2, 0.25) is 0 Å². The summed E-state index contributed by atoms with van der Waals surface area (Å²) < 4.78 is 8.71. The quantitative estimate of drug-likeness (QED) is 0.596. The Morgan fingerprint density at radius 1 is 1.08 bits per heavy atom. The van der Waals surface area contributed by atoms with Gasteiger partial charge in [-0.25, -0.2) is 0 Å². The predicted molar refractivity (Wildman–Crippen MR) is 90.5 cm³/mol. The minimum absolute atomic E-state index is 0. The first-order chi connectivity index (χ1) is 11.4. The normalized spacial score (nSPS) is 22.5. The van der Waals surface area contributed by atoms with Gasteiger partial charge in [0, 0.05) is 37.8 Å². The highest BCUT2D eigenvalue weighted by molar-refractivity contribution is 5.42. The van der Waals surface area contributed by atoms with E-state index in [1.54, 1.807) is 0 Å². The van der Waals surface area contributed by atoms with Crippen LogP contribution in [0, 0.1) is 0 Å². The van der Waals surface area contributed by atoms with Crippen molar-refractivity contribution in [3.63, 3.8) is 0 Å². The van der Waals surface area contributed by atoms with Gasteiger partial charge >= 0.3 is 0 Å². The van der Waals surface area contributed by atoms with Crippen molar-refractivity contribution in [1.82, 2.24) is 0 Å². The van der Waals surface area contributed by atoms with Crippen molar-refractivity contribution in [2.75, 3.05) is 13.7 Å². The molecule has 0 fully saturated rings. The molecule has 1 N–H and O–H groups in total. The average molecular weight is 392 g/mol. The number of hydrogen-bond acceptors (Lipinski definition) is 2. The lowest BCUT2D eigenvalue weighted by Crippen LogP contribution is -3.00. The number of aliphatic hydroxyl groups is 1. The Morgan fingerprint density at radius 3 is 2.54 bits per heavy atom. The predicted octanol–water partition coefficient (Wildman–Crippen LogP) is 0.210. The molecular formula is C20H26BrNO2. The van der Waals surface area contributed by atoms with E-state index in [0.717, 1.165) is 26.6 Å². The summed E-state index contributed by atoms with van der Waals surface area (Å²) in [6.45, 7) is 3.11. The summed E-state index contributed by atoms with van der Waals surface area (Å²) >= 11 is 0. The number of halogens is 1. The van der Waals surface area contributed by atoms with Crippen molar-refractivity contribution >= 4 is 0 Å². The van der Waals surface area contributed by atoms with Crippen LogP contribution in [0.15, 0.2) is 48.7 Å². The third-order valence-corrected chi connectivity index (χ3v) is 4.92. The molecule has 3 atom stereocenters. The van der Waals surface area contributed by atoms with Crippen LogP contribution >= 0.6 is 0 Å². The lowest BCUT2D eigenvalue weighted by Gasteiger charge is -2.40. The van der Waals surface area contributed by atoms with Gasteiger partial charge < -0.3 is 26.8 Å². The van der Waals surface area contributed by atoms with Gasteiger partial charge in [0.25, 0.3) is 0 Å². The van der Waals surface area contributed by atoms with E-state index in [0.29, 0.717) is 18.1 Å². The molecule has 0 amide bonds. The molecule has 2 bridgehead atoms. The van der Waals surface area contributed by atoms with Crippen LogP contribution in [-0.4, -0.2) is 24.9 Å². The molecule has 0 saturated heterocycles. The molecule has 130 valence electrons. The Bertz CT molecular complexity index is 614. The summed E-state index contributed by atoms with van der Waals surface area (Å²) in [5, 5.41) is 7.00. The van der Waals surface area contributed by atoms with E-state index in [9.17, 15) is 0 Å². The first-order valence-corrected chi connectivity index (χ1v) is 8.55. The summed E-state index contributed by atoms with van der Waals surface area (Å²) in [4.78, 5) is 0. The molecule has 4 heteroatoms. The monoisotopic (exact) mass is 391 g/mol. The molecule has 3 unspecified atom stereocenters. The van der Waals surface area contributed by atoms with Crippen LogP contribution in [0.3, 0.4) is 0 Å². The standard InChI is InChI=1S/C19H22NO.CH4O.BrH/c1-2-3-12-21-18-13-17-14-8-4-5-9-15(14)19(18)16-10-6-7-11-20(16)17;1-2;/h4-11,17-19H,2-3,12-13H2,1H3;2H,1H3;1H/q+1;;/p-1. The molecule has 1 aliphatic carbocycles. The number of nitrogens with zero attached hydrogens (tertiary/aromatic N) is 1. The number of fused-ring (bicyclic) bond motifs is 1. The van der Waals surface area contributed by atoms with E-state index in [1.165, 1.54) is 23.2 Å². The zero-order valence-electron chi connectivity index (χ0n) is 14.4. The Labute approximate surface area is 155 Å². The summed E-state index contributed by atoms with van der Waals surface area (Å²) in [7, 11) is 1.00. The van der Waals surface area contributed by atoms with Crippen LogP contribution in [0.4, 0.5) is 0 Å². The van der Waals surface area contributed by atoms with E-state index in [2.05, 4.69) is 60.2 Å². The van der Waals surface area contributed by atoms with Crippen molar-refractivity contribution in [2.24, 2.45) is 0 Å². The highest BCUT2D eigenvalue weighted by Crippen LogP contribution is 2.45. The minimum Gasteiger partial charge on any atom is -1.00 e. The lowest BCUT2D eigenvalue weighted by molar-refractivity contribution is -0.732.